The number of likely N-dealkylation sites (tertiary alicyclic amines) is 1. The van der Waals surface area contributed by atoms with E-state index in [1.54, 1.807) is 0 Å². The van der Waals surface area contributed by atoms with Gasteiger partial charge in [0, 0.05) is 32.8 Å². The molecule has 0 unspecified atom stereocenters. The third-order valence-electron chi connectivity index (χ3n) is 3.30. The molecule has 2 rings (SSSR count). The van der Waals surface area contributed by atoms with Gasteiger partial charge in [-0.1, -0.05) is 0 Å². The summed E-state index contributed by atoms with van der Waals surface area (Å²) in [6.45, 7) is 6.36. The first-order chi connectivity index (χ1) is 8.31. The molecule has 1 N–H and O–H groups in total. The Morgan fingerprint density at radius 1 is 1.59 bits per heavy atom. The quantitative estimate of drug-likeness (QED) is 0.757. The van der Waals surface area contributed by atoms with Gasteiger partial charge in [-0.05, 0) is 19.8 Å². The molecule has 2 saturated heterocycles. The molecule has 0 aromatic carbocycles. The molecule has 0 radical (unpaired) electrons. The van der Waals surface area contributed by atoms with Gasteiger partial charge in [-0.25, -0.2) is 0 Å². The number of piperidine rings is 1. The Kier molecular flexibility index (Phi) is 4.76. The minimum absolute atomic E-state index is 0.113. The number of hydrogen-bond donors (Lipinski definition) is 1. The van der Waals surface area contributed by atoms with Crippen LogP contribution in [0.2, 0.25) is 0 Å². The maximum absolute atomic E-state index is 12.2. The number of ether oxygens (including phenoxy) is 2. The number of hydrogen-bond acceptors (Lipinski definition) is 4. The maximum Gasteiger partial charge on any atom is 0.253 e. The third kappa shape index (κ3) is 3.40. The highest BCUT2D eigenvalue weighted by atomic mass is 16.5. The first-order valence-electron chi connectivity index (χ1n) is 6.54. The van der Waals surface area contributed by atoms with Crippen molar-refractivity contribution in [2.45, 2.75) is 32.0 Å². The molecule has 2 fully saturated rings. The highest BCUT2D eigenvalue weighted by Gasteiger charge is 2.30. The summed E-state index contributed by atoms with van der Waals surface area (Å²) in [5, 5.41) is 3.19. The van der Waals surface area contributed by atoms with E-state index in [0.717, 1.165) is 25.9 Å². The van der Waals surface area contributed by atoms with Crippen LogP contribution in [-0.2, 0) is 14.3 Å². The molecule has 0 aromatic rings. The van der Waals surface area contributed by atoms with Gasteiger partial charge >= 0.3 is 0 Å². The van der Waals surface area contributed by atoms with E-state index in [9.17, 15) is 4.79 Å². The standard InChI is InChI=1S/C12H22N2O3/c1-2-16-10-4-3-6-14(9-10)12(15)11-8-13-5-7-17-11/h10-11,13H,2-9H2,1H3/t10-,11+/m0/s1. The highest BCUT2D eigenvalue weighted by Crippen LogP contribution is 2.15. The Morgan fingerprint density at radius 2 is 2.47 bits per heavy atom. The van der Waals surface area contributed by atoms with E-state index in [1.807, 2.05) is 11.8 Å². The zero-order valence-electron chi connectivity index (χ0n) is 10.5. The van der Waals surface area contributed by atoms with E-state index < -0.39 is 0 Å². The Labute approximate surface area is 102 Å². The van der Waals surface area contributed by atoms with Crippen LogP contribution in [0.3, 0.4) is 0 Å². The minimum atomic E-state index is -0.302. The van der Waals surface area contributed by atoms with Gasteiger partial charge in [0.1, 0.15) is 6.10 Å². The van der Waals surface area contributed by atoms with Gasteiger partial charge < -0.3 is 19.7 Å². The summed E-state index contributed by atoms with van der Waals surface area (Å²) in [5.41, 5.74) is 0. The van der Waals surface area contributed by atoms with E-state index in [2.05, 4.69) is 5.32 Å². The molecule has 5 heteroatoms. The van der Waals surface area contributed by atoms with E-state index in [-0.39, 0.29) is 18.1 Å². The second kappa shape index (κ2) is 6.33. The summed E-state index contributed by atoms with van der Waals surface area (Å²) in [7, 11) is 0. The number of carbonyl (C=O) groups excluding carboxylic acids is 1. The van der Waals surface area contributed by atoms with Crippen LogP contribution in [0.1, 0.15) is 19.8 Å². The topological polar surface area (TPSA) is 50.8 Å². The lowest BCUT2D eigenvalue weighted by Gasteiger charge is -2.35. The van der Waals surface area contributed by atoms with Crippen LogP contribution < -0.4 is 5.32 Å². The fourth-order valence-electron chi connectivity index (χ4n) is 2.44. The molecule has 0 aliphatic carbocycles. The fourth-order valence-corrected chi connectivity index (χ4v) is 2.44. The predicted molar refractivity (Wildman–Crippen MR) is 63.8 cm³/mol. The first-order valence-corrected chi connectivity index (χ1v) is 6.54. The molecule has 1 amide bonds. The number of nitrogens with one attached hydrogen (secondary N) is 1. The van der Waals surface area contributed by atoms with Crippen molar-refractivity contribution < 1.29 is 14.3 Å². The third-order valence-corrected chi connectivity index (χ3v) is 3.30. The Bertz CT molecular complexity index is 252. The van der Waals surface area contributed by atoms with Gasteiger partial charge in [0.05, 0.1) is 12.7 Å². The zero-order valence-corrected chi connectivity index (χ0v) is 10.5. The van der Waals surface area contributed by atoms with Gasteiger partial charge in [-0.3, -0.25) is 4.79 Å². The normalized spacial score (nSPS) is 30.3. The van der Waals surface area contributed by atoms with Gasteiger partial charge in [0.25, 0.3) is 5.91 Å². The number of amides is 1. The van der Waals surface area contributed by atoms with Crippen molar-refractivity contribution >= 4 is 5.91 Å². The molecule has 0 aromatic heterocycles. The van der Waals surface area contributed by atoms with Crippen LogP contribution >= 0.6 is 0 Å². The largest absolute Gasteiger partial charge is 0.377 e. The summed E-state index contributed by atoms with van der Waals surface area (Å²) < 4.78 is 11.1. The van der Waals surface area contributed by atoms with Crippen molar-refractivity contribution in [1.82, 2.24) is 10.2 Å². The van der Waals surface area contributed by atoms with Crippen molar-refractivity contribution in [2.75, 3.05) is 39.4 Å². The Hall–Kier alpha value is -0.650. The van der Waals surface area contributed by atoms with Crippen LogP contribution in [0.15, 0.2) is 0 Å². The minimum Gasteiger partial charge on any atom is -0.377 e. The van der Waals surface area contributed by atoms with Crippen LogP contribution in [-0.4, -0.2) is 62.4 Å². The van der Waals surface area contributed by atoms with Crippen molar-refractivity contribution in [2.24, 2.45) is 0 Å². The highest BCUT2D eigenvalue weighted by molar-refractivity contribution is 5.81. The number of nitrogens with zero attached hydrogens (tertiary/aromatic N) is 1. The molecule has 2 heterocycles. The van der Waals surface area contributed by atoms with Crippen LogP contribution in [0.5, 0.6) is 0 Å². The second-order valence-electron chi connectivity index (χ2n) is 4.57. The van der Waals surface area contributed by atoms with Crippen molar-refractivity contribution in [3.05, 3.63) is 0 Å². The smallest absolute Gasteiger partial charge is 0.253 e. The Balaban J connectivity index is 1.85. The monoisotopic (exact) mass is 242 g/mol. The van der Waals surface area contributed by atoms with Gasteiger partial charge in [0.15, 0.2) is 0 Å². The molecule has 2 aliphatic rings. The van der Waals surface area contributed by atoms with Crippen LogP contribution in [0.4, 0.5) is 0 Å². The predicted octanol–water partition coefficient (Wildman–Crippen LogP) is 0.00230. The number of morpholine rings is 1. The zero-order chi connectivity index (χ0) is 12.1. The number of carbonyl (C=O) groups is 1. The number of rotatable bonds is 3. The van der Waals surface area contributed by atoms with Gasteiger partial charge in [-0.15, -0.1) is 0 Å². The SMILES string of the molecule is CCO[C@H]1CCCN(C(=O)[C@H]2CNCCO2)C1. The Morgan fingerprint density at radius 3 is 3.18 bits per heavy atom. The van der Waals surface area contributed by atoms with Gasteiger partial charge in [0.2, 0.25) is 0 Å². The lowest BCUT2D eigenvalue weighted by atomic mass is 10.1. The molecular formula is C12H22N2O3. The summed E-state index contributed by atoms with van der Waals surface area (Å²) in [6.07, 6.45) is 1.98. The fraction of sp³-hybridized carbons (Fsp3) is 0.917. The summed E-state index contributed by atoms with van der Waals surface area (Å²) in [5.74, 6) is 0.113. The molecule has 0 saturated carbocycles. The lowest BCUT2D eigenvalue weighted by Crippen LogP contribution is -2.52. The average molecular weight is 242 g/mol. The molecule has 0 bridgehead atoms. The van der Waals surface area contributed by atoms with E-state index in [4.69, 9.17) is 9.47 Å². The molecule has 5 nitrogen and oxygen atoms in total. The summed E-state index contributed by atoms with van der Waals surface area (Å²) >= 11 is 0. The van der Waals surface area contributed by atoms with E-state index >= 15 is 0 Å². The van der Waals surface area contributed by atoms with Crippen LogP contribution in [0, 0.1) is 0 Å². The van der Waals surface area contributed by atoms with Crippen molar-refractivity contribution in [3.8, 4) is 0 Å². The lowest BCUT2D eigenvalue weighted by molar-refractivity contribution is -0.149. The average Bonchev–Trinajstić information content (AvgIpc) is 2.40. The van der Waals surface area contributed by atoms with E-state index in [1.165, 1.54) is 0 Å². The van der Waals surface area contributed by atoms with Gasteiger partial charge in [-0.2, -0.15) is 0 Å². The van der Waals surface area contributed by atoms with E-state index in [0.29, 0.717) is 26.3 Å². The second-order valence-corrected chi connectivity index (χ2v) is 4.57. The summed E-state index contributed by atoms with van der Waals surface area (Å²) in [6, 6.07) is 0. The van der Waals surface area contributed by atoms with Crippen LogP contribution in [0.25, 0.3) is 0 Å². The molecule has 0 spiro atoms. The molecule has 98 valence electrons. The van der Waals surface area contributed by atoms with Crippen molar-refractivity contribution in [1.29, 1.82) is 0 Å². The molecule has 2 aliphatic heterocycles. The first kappa shape index (κ1) is 12.8. The molecule has 2 atom stereocenters. The molecule has 17 heavy (non-hydrogen) atoms. The maximum atomic E-state index is 12.2. The summed E-state index contributed by atoms with van der Waals surface area (Å²) in [4.78, 5) is 14.1. The van der Waals surface area contributed by atoms with Crippen molar-refractivity contribution in [3.63, 3.8) is 0 Å². The molecular weight excluding hydrogens is 220 g/mol.